The molecule has 0 radical (unpaired) electrons. The molecule has 4 rings (SSSR count). The lowest BCUT2D eigenvalue weighted by Gasteiger charge is -2.41. The zero-order valence-electron chi connectivity index (χ0n) is 20.9. The summed E-state index contributed by atoms with van der Waals surface area (Å²) in [4.78, 5) is 26.9. The zero-order valence-corrected chi connectivity index (χ0v) is 20.9. The van der Waals surface area contributed by atoms with Crippen LogP contribution in [-0.4, -0.2) is 51.5 Å². The van der Waals surface area contributed by atoms with Crippen LogP contribution in [0.2, 0.25) is 0 Å². The number of rotatable bonds is 8. The van der Waals surface area contributed by atoms with Crippen molar-refractivity contribution in [2.75, 3.05) is 33.8 Å². The Morgan fingerprint density at radius 2 is 1.51 bits per heavy atom. The highest BCUT2D eigenvalue weighted by atomic mass is 16.5. The summed E-state index contributed by atoms with van der Waals surface area (Å²) in [5, 5.41) is 6.14. The molecule has 0 aliphatic carbocycles. The topological polar surface area (TPSA) is 67.4 Å². The van der Waals surface area contributed by atoms with Gasteiger partial charge in [0.05, 0.1) is 18.1 Å². The average Bonchev–Trinajstić information content (AvgIpc) is 2.93. The van der Waals surface area contributed by atoms with Crippen LogP contribution in [0.25, 0.3) is 0 Å². The Balaban J connectivity index is 0.00000108. The van der Waals surface area contributed by atoms with E-state index in [0.717, 1.165) is 12.1 Å². The first-order valence-electron chi connectivity index (χ1n) is 12.2. The van der Waals surface area contributed by atoms with Gasteiger partial charge in [0, 0.05) is 29.8 Å². The molecule has 184 valence electrons. The van der Waals surface area contributed by atoms with Crippen molar-refractivity contribution in [2.45, 2.75) is 25.9 Å². The van der Waals surface area contributed by atoms with Gasteiger partial charge in [0.15, 0.2) is 11.6 Å². The molecule has 2 unspecified atom stereocenters. The van der Waals surface area contributed by atoms with Gasteiger partial charge in [-0.3, -0.25) is 9.59 Å². The van der Waals surface area contributed by atoms with Crippen molar-refractivity contribution in [2.24, 2.45) is 5.41 Å². The smallest absolute Gasteiger partial charge is 0.193 e. The van der Waals surface area contributed by atoms with Gasteiger partial charge in [-0.25, -0.2) is 0 Å². The molecule has 5 nitrogen and oxygen atoms in total. The maximum atomic E-state index is 13.9. The molecule has 1 saturated heterocycles. The standard InChI is InChI=1S/C28H29NO3.C2H7N/c1-2-28(25-20-29-16-17-32-25,27(31)23-13-7-4-8-14-23)19-21-10-9-15-24(18-21)26(30)22-11-5-3-6-12-22;1-3-2/h3-15,18,25,29H,2,16-17,19-20H2,1H3;3H,1-2H3. The zero-order chi connectivity index (χ0) is 25.1. The lowest BCUT2D eigenvalue weighted by Crippen LogP contribution is -2.53. The van der Waals surface area contributed by atoms with E-state index in [9.17, 15) is 9.59 Å². The molecule has 3 aromatic carbocycles. The lowest BCUT2D eigenvalue weighted by atomic mass is 9.69. The van der Waals surface area contributed by atoms with Gasteiger partial charge in [0.2, 0.25) is 0 Å². The molecule has 1 aliphatic rings. The van der Waals surface area contributed by atoms with Gasteiger partial charge in [0.1, 0.15) is 0 Å². The number of nitrogens with one attached hydrogen (secondary N) is 2. The van der Waals surface area contributed by atoms with Crippen molar-refractivity contribution in [3.05, 3.63) is 107 Å². The fraction of sp³-hybridized carbons (Fsp3) is 0.333. The molecule has 1 aliphatic heterocycles. The summed E-state index contributed by atoms with van der Waals surface area (Å²) in [5.74, 6) is 0.0774. The molecule has 0 spiro atoms. The molecule has 3 aromatic rings. The van der Waals surface area contributed by atoms with E-state index >= 15 is 0 Å². The molecule has 0 bridgehead atoms. The molecule has 0 amide bonds. The Morgan fingerprint density at radius 1 is 0.914 bits per heavy atom. The summed E-state index contributed by atoms with van der Waals surface area (Å²) in [6.45, 7) is 4.06. The maximum absolute atomic E-state index is 13.9. The molecule has 1 fully saturated rings. The fourth-order valence-corrected chi connectivity index (χ4v) is 4.59. The van der Waals surface area contributed by atoms with Crippen molar-refractivity contribution in [3.8, 4) is 0 Å². The summed E-state index contributed by atoms with van der Waals surface area (Å²) >= 11 is 0. The van der Waals surface area contributed by atoms with E-state index in [2.05, 4.69) is 17.6 Å². The SMILES string of the molecule is CCC(Cc1cccc(C(=O)c2ccccc2)c1)(C(=O)c1ccccc1)C1CNCCO1.CNC. The summed E-state index contributed by atoms with van der Waals surface area (Å²) in [7, 11) is 3.75. The minimum Gasteiger partial charge on any atom is -0.375 e. The van der Waals surface area contributed by atoms with Gasteiger partial charge < -0.3 is 15.4 Å². The Morgan fingerprint density at radius 3 is 2.09 bits per heavy atom. The largest absolute Gasteiger partial charge is 0.375 e. The quantitative estimate of drug-likeness (QED) is 0.471. The highest BCUT2D eigenvalue weighted by Crippen LogP contribution is 2.38. The molecular formula is C30H36N2O3. The second-order valence-corrected chi connectivity index (χ2v) is 8.84. The van der Waals surface area contributed by atoms with Crippen LogP contribution < -0.4 is 10.6 Å². The highest BCUT2D eigenvalue weighted by Gasteiger charge is 2.45. The Kier molecular flexibility index (Phi) is 9.91. The van der Waals surface area contributed by atoms with Gasteiger partial charge >= 0.3 is 0 Å². The van der Waals surface area contributed by atoms with E-state index in [4.69, 9.17) is 4.74 Å². The molecule has 2 N–H and O–H groups in total. The lowest BCUT2D eigenvalue weighted by molar-refractivity contribution is -0.0466. The van der Waals surface area contributed by atoms with E-state index in [0.29, 0.717) is 42.7 Å². The minimum atomic E-state index is -0.719. The second-order valence-electron chi connectivity index (χ2n) is 8.84. The normalized spacial score (nSPS) is 16.9. The number of benzene rings is 3. The monoisotopic (exact) mass is 472 g/mol. The first-order valence-corrected chi connectivity index (χ1v) is 12.2. The van der Waals surface area contributed by atoms with E-state index < -0.39 is 5.41 Å². The molecule has 1 heterocycles. The van der Waals surface area contributed by atoms with Crippen molar-refractivity contribution >= 4 is 11.6 Å². The van der Waals surface area contributed by atoms with Gasteiger partial charge in [-0.1, -0.05) is 85.8 Å². The van der Waals surface area contributed by atoms with Crippen molar-refractivity contribution in [3.63, 3.8) is 0 Å². The average molecular weight is 473 g/mol. The van der Waals surface area contributed by atoms with Crippen LogP contribution in [0.15, 0.2) is 84.9 Å². The Labute approximate surface area is 208 Å². The highest BCUT2D eigenvalue weighted by molar-refractivity contribution is 6.09. The van der Waals surface area contributed by atoms with Gasteiger partial charge in [0.25, 0.3) is 0 Å². The second kappa shape index (κ2) is 13.1. The van der Waals surface area contributed by atoms with Gasteiger partial charge in [-0.2, -0.15) is 0 Å². The van der Waals surface area contributed by atoms with E-state index in [1.165, 1.54) is 0 Å². The summed E-state index contributed by atoms with van der Waals surface area (Å²) < 4.78 is 6.15. The van der Waals surface area contributed by atoms with Crippen LogP contribution >= 0.6 is 0 Å². The molecular weight excluding hydrogens is 436 g/mol. The summed E-state index contributed by atoms with van der Waals surface area (Å²) in [6, 6.07) is 26.4. The number of hydrogen-bond donors (Lipinski definition) is 2. The van der Waals surface area contributed by atoms with Crippen LogP contribution in [0, 0.1) is 5.41 Å². The van der Waals surface area contributed by atoms with Gasteiger partial charge in [-0.05, 0) is 38.6 Å². The molecule has 5 heteroatoms. The van der Waals surface area contributed by atoms with Crippen molar-refractivity contribution in [1.82, 2.24) is 10.6 Å². The van der Waals surface area contributed by atoms with Crippen LogP contribution in [0.3, 0.4) is 0 Å². The fourth-order valence-electron chi connectivity index (χ4n) is 4.59. The van der Waals surface area contributed by atoms with Crippen LogP contribution in [0.4, 0.5) is 0 Å². The molecule has 2 atom stereocenters. The number of ether oxygens (including phenoxy) is 1. The van der Waals surface area contributed by atoms with E-state index in [1.54, 1.807) is 0 Å². The van der Waals surface area contributed by atoms with Crippen LogP contribution in [-0.2, 0) is 11.2 Å². The third-order valence-electron chi connectivity index (χ3n) is 6.41. The maximum Gasteiger partial charge on any atom is 0.193 e. The number of morpholine rings is 1. The number of Topliss-reactive ketones (excluding diaryl/α,β-unsaturated/α-hetero) is 1. The third kappa shape index (κ3) is 6.51. The minimum absolute atomic E-state index is 0.0143. The van der Waals surface area contributed by atoms with Crippen molar-refractivity contribution in [1.29, 1.82) is 0 Å². The van der Waals surface area contributed by atoms with Crippen LogP contribution in [0.5, 0.6) is 0 Å². The van der Waals surface area contributed by atoms with E-state index in [1.807, 2.05) is 99.0 Å². The summed E-state index contributed by atoms with van der Waals surface area (Å²) in [5.41, 5.74) is 2.23. The first kappa shape index (κ1) is 26.5. The predicted molar refractivity (Wildman–Crippen MR) is 141 cm³/mol. The third-order valence-corrected chi connectivity index (χ3v) is 6.41. The number of ketones is 2. The Hall–Kier alpha value is -3.12. The van der Waals surface area contributed by atoms with Crippen LogP contribution in [0.1, 0.15) is 45.2 Å². The number of hydrogen-bond acceptors (Lipinski definition) is 5. The predicted octanol–water partition coefficient (Wildman–Crippen LogP) is 4.56. The number of carbonyl (C=O) groups is 2. The Bertz CT molecular complexity index is 1080. The molecule has 0 saturated carbocycles. The number of carbonyl (C=O) groups excluding carboxylic acids is 2. The first-order chi connectivity index (χ1) is 17.1. The summed E-state index contributed by atoms with van der Waals surface area (Å²) in [6.07, 6.45) is 0.922. The molecule has 0 aromatic heterocycles. The van der Waals surface area contributed by atoms with E-state index in [-0.39, 0.29) is 17.7 Å². The van der Waals surface area contributed by atoms with Gasteiger partial charge in [-0.15, -0.1) is 0 Å². The van der Waals surface area contributed by atoms with Crippen molar-refractivity contribution < 1.29 is 14.3 Å². The molecule has 35 heavy (non-hydrogen) atoms.